The monoisotopic (exact) mass is 940 g/mol. The number of carbonyl (C=O) groups excluding carboxylic acids is 5. The van der Waals surface area contributed by atoms with Gasteiger partial charge in [-0.25, -0.2) is 24.2 Å². The Kier molecular flexibility index (Phi) is 13.6. The molecule has 1 aromatic carbocycles. The maximum absolute atomic E-state index is 14.2. The SMILES string of the molecule is [B]OC(=O)C1=C(C[N+]2(CCn3oc(=O)c4cc(O)c(O)cc4c3=O)CCCC2)[C@H](C)S[C@@H]2[C@H](NC(=O)/C(=N\OC(C)(C)C(=O)OC(C)(C)C)c3csc(NC(=O)OC(C)(C)C)n3)C(=O)N12. The van der Waals surface area contributed by atoms with Crippen molar-refractivity contribution < 1.29 is 62.2 Å². The number of thioether (sulfide) groups is 1. The Bertz CT molecular complexity index is 2600. The van der Waals surface area contributed by atoms with E-state index in [-0.39, 0.29) is 46.9 Å². The van der Waals surface area contributed by atoms with E-state index in [9.17, 15) is 43.8 Å². The Labute approximate surface area is 382 Å². The molecule has 2 aromatic heterocycles. The van der Waals surface area contributed by atoms with Crippen molar-refractivity contribution in [3.05, 3.63) is 55.3 Å². The van der Waals surface area contributed by atoms with Crippen LogP contribution in [0, 0.1) is 0 Å². The molecule has 3 aromatic rings. The predicted molar refractivity (Wildman–Crippen MR) is 237 cm³/mol. The summed E-state index contributed by atoms with van der Waals surface area (Å²) in [6.07, 6.45) is 0.797. The molecule has 3 aliphatic rings. The van der Waals surface area contributed by atoms with Gasteiger partial charge in [0.1, 0.15) is 53.6 Å². The van der Waals surface area contributed by atoms with Crippen LogP contribution in [0.3, 0.4) is 0 Å². The molecule has 2 saturated heterocycles. The summed E-state index contributed by atoms with van der Waals surface area (Å²) in [6.45, 7) is 16.3. The van der Waals surface area contributed by atoms with Gasteiger partial charge < -0.3 is 43.5 Å². The van der Waals surface area contributed by atoms with Crippen molar-refractivity contribution in [3.63, 3.8) is 0 Å². The third-order valence-electron chi connectivity index (χ3n) is 10.6. The fraction of sp³-hybridized carbons (Fsp3) is 0.537. The molecule has 0 spiro atoms. The van der Waals surface area contributed by atoms with Gasteiger partial charge >= 0.3 is 31.7 Å². The highest BCUT2D eigenvalue weighted by Crippen LogP contribution is 2.45. The van der Waals surface area contributed by atoms with Gasteiger partial charge in [-0.1, -0.05) is 5.16 Å². The van der Waals surface area contributed by atoms with Crippen molar-refractivity contribution in [1.29, 1.82) is 0 Å². The number of esters is 1. The lowest BCUT2D eigenvalue weighted by Gasteiger charge is -2.52. The van der Waals surface area contributed by atoms with Gasteiger partial charge in [0.05, 0.1) is 23.9 Å². The van der Waals surface area contributed by atoms with Gasteiger partial charge in [0.25, 0.3) is 17.4 Å². The average Bonchev–Trinajstić information content (AvgIpc) is 3.87. The average molecular weight is 941 g/mol. The molecule has 4 N–H and O–H groups in total. The van der Waals surface area contributed by atoms with Crippen LogP contribution < -0.4 is 21.8 Å². The molecular weight excluding hydrogens is 889 g/mol. The Morgan fingerprint density at radius 2 is 1.62 bits per heavy atom. The Hall–Kier alpha value is -5.88. The van der Waals surface area contributed by atoms with Crippen LogP contribution in [0.5, 0.6) is 11.5 Å². The first-order valence-electron chi connectivity index (χ1n) is 20.6. The Morgan fingerprint density at radius 1 is 0.985 bits per heavy atom. The number of hydrogen-bond acceptors (Lipinski definition) is 18. The highest BCUT2D eigenvalue weighted by Gasteiger charge is 2.57. The molecule has 65 heavy (non-hydrogen) atoms. The number of oxime groups is 1. The van der Waals surface area contributed by atoms with E-state index in [1.807, 2.05) is 6.92 Å². The predicted octanol–water partition coefficient (Wildman–Crippen LogP) is 2.99. The first-order valence-corrected chi connectivity index (χ1v) is 22.4. The molecule has 3 amide bonds. The van der Waals surface area contributed by atoms with Crippen LogP contribution in [-0.4, -0.2) is 133 Å². The van der Waals surface area contributed by atoms with Crippen LogP contribution in [0.1, 0.15) is 80.8 Å². The van der Waals surface area contributed by atoms with Gasteiger partial charge in [0.2, 0.25) is 5.60 Å². The Morgan fingerprint density at radius 3 is 2.23 bits per heavy atom. The zero-order valence-corrected chi connectivity index (χ0v) is 39.0. The number of fused-ring (bicyclic) bond motifs is 2. The van der Waals surface area contributed by atoms with Crippen LogP contribution in [0.2, 0.25) is 0 Å². The second kappa shape index (κ2) is 18.2. The molecule has 0 saturated carbocycles. The smallest absolute Gasteiger partial charge is 0.413 e. The second-order valence-corrected chi connectivity index (χ2v) is 20.7. The van der Waals surface area contributed by atoms with Crippen molar-refractivity contribution in [2.75, 3.05) is 31.5 Å². The zero-order valence-electron chi connectivity index (χ0n) is 37.3. The first-order chi connectivity index (χ1) is 30.2. The van der Waals surface area contributed by atoms with E-state index in [0.717, 1.165) is 41.1 Å². The number of likely N-dealkylation sites (tertiary alicyclic amines) is 1. The molecule has 2 fully saturated rings. The second-order valence-electron chi connectivity index (χ2n) is 18.4. The minimum Gasteiger partial charge on any atom is -0.539 e. The van der Waals surface area contributed by atoms with Gasteiger partial charge in [-0.05, 0) is 74.4 Å². The lowest BCUT2D eigenvalue weighted by Crippen LogP contribution is -2.72. The number of phenolic OH excluding ortho intramolecular Hbond substituents is 2. The van der Waals surface area contributed by atoms with Gasteiger partial charge in [0.15, 0.2) is 22.3 Å². The number of nitrogens with one attached hydrogen (secondary N) is 2. The van der Waals surface area contributed by atoms with Gasteiger partial charge in [-0.15, -0.1) is 23.1 Å². The molecule has 2 radical (unpaired) electrons. The van der Waals surface area contributed by atoms with E-state index in [1.54, 1.807) is 41.5 Å². The number of ether oxygens (including phenoxy) is 2. The molecule has 3 atom stereocenters. The van der Waals surface area contributed by atoms with Crippen molar-refractivity contribution in [2.24, 2.45) is 5.16 Å². The molecule has 3 aliphatic heterocycles. The van der Waals surface area contributed by atoms with Crippen LogP contribution >= 0.6 is 23.1 Å². The lowest BCUT2D eigenvalue weighted by atomic mass is 9.99. The fourth-order valence-electron chi connectivity index (χ4n) is 7.47. The molecule has 0 aliphatic carbocycles. The topological polar surface area (TPSA) is 267 Å². The summed E-state index contributed by atoms with van der Waals surface area (Å²) < 4.78 is 22.1. The number of aromatic hydroxyl groups is 2. The first kappa shape index (κ1) is 48.6. The normalized spacial score (nSPS) is 19.9. The minimum atomic E-state index is -1.70. The van der Waals surface area contributed by atoms with E-state index in [0.29, 0.717) is 23.1 Å². The number of benzene rings is 1. The summed E-state index contributed by atoms with van der Waals surface area (Å²) in [5.41, 5.74) is -5.07. The molecule has 24 heteroatoms. The largest absolute Gasteiger partial charge is 0.539 e. The third-order valence-corrected chi connectivity index (χ3v) is 12.8. The third kappa shape index (κ3) is 10.6. The summed E-state index contributed by atoms with van der Waals surface area (Å²) in [5.74, 6) is -4.53. The summed E-state index contributed by atoms with van der Waals surface area (Å²) in [6, 6.07) is 0.756. The van der Waals surface area contributed by atoms with Crippen molar-refractivity contribution in [3.8, 4) is 11.5 Å². The number of anilines is 1. The summed E-state index contributed by atoms with van der Waals surface area (Å²) in [7, 11) is 5.45. The van der Waals surface area contributed by atoms with Crippen molar-refractivity contribution in [2.45, 2.75) is 115 Å². The van der Waals surface area contributed by atoms with Gasteiger partial charge in [-0.3, -0.25) is 24.6 Å². The molecule has 6 rings (SSSR count). The van der Waals surface area contributed by atoms with Gasteiger partial charge in [0, 0.05) is 29.0 Å². The minimum absolute atomic E-state index is 0.0417. The van der Waals surface area contributed by atoms with E-state index in [2.05, 4.69) is 20.8 Å². The number of β-lactam (4-membered cyclic amide) rings is 1. The highest BCUT2D eigenvalue weighted by atomic mass is 32.2. The molecular formula is C41H51BN7O14S2+. The molecule has 348 valence electrons. The van der Waals surface area contributed by atoms with Crippen LogP contribution in [0.4, 0.5) is 9.93 Å². The number of rotatable bonds is 13. The number of carbonyl (C=O) groups is 5. The van der Waals surface area contributed by atoms with Crippen LogP contribution in [0.15, 0.2) is 48.1 Å². The van der Waals surface area contributed by atoms with Crippen molar-refractivity contribution in [1.82, 2.24) is 19.9 Å². The summed E-state index contributed by atoms with van der Waals surface area (Å²) in [5, 5.41) is 29.0. The molecule has 0 unspecified atom stereocenters. The lowest BCUT2D eigenvalue weighted by molar-refractivity contribution is -0.913. The standard InChI is InChI=1S/C41H50BN7O14S2/c1-20-23(18-49(13-10-11-14-49)15-12-47-31(53)21-16-25(50)26(51)17-22(21)34(55)62-47)29(35(56)61-42)48-32(54)28(33(48)65-20)44-30(52)27(46-63-41(8,9)36(57)59-39(2,3)4)24-19-64-37(43-24)45-38(58)60-40(5,6)7/h16-17,19-20,28,33H,10-15,18H2,1-9H3,(H3-,43,44,45,46,50,51,52,53,55,58)/p+1/t20-,28+,33+/m0/s1. The number of thiazole rings is 1. The molecule has 21 nitrogen and oxygen atoms in total. The van der Waals surface area contributed by atoms with E-state index in [1.165, 1.54) is 35.9 Å². The zero-order chi connectivity index (χ0) is 48.0. The number of amides is 3. The number of quaternary nitrogens is 1. The van der Waals surface area contributed by atoms with E-state index < -0.39 is 91.7 Å². The quantitative estimate of drug-likeness (QED) is 0.0365. The van der Waals surface area contributed by atoms with E-state index >= 15 is 0 Å². The number of hydrogen-bond donors (Lipinski definition) is 4. The maximum Gasteiger partial charge on any atom is 0.413 e. The van der Waals surface area contributed by atoms with Crippen LogP contribution in [-0.2, 0) is 44.7 Å². The van der Waals surface area contributed by atoms with E-state index in [4.69, 9.17) is 31.5 Å². The fourth-order valence-corrected chi connectivity index (χ4v) is 9.59. The molecule has 5 heterocycles. The number of nitrogens with zero attached hydrogens (tertiary/aromatic N) is 5. The number of aromatic nitrogens is 2. The van der Waals surface area contributed by atoms with Crippen LogP contribution in [0.25, 0.3) is 10.8 Å². The highest BCUT2D eigenvalue weighted by molar-refractivity contribution is 8.00. The van der Waals surface area contributed by atoms with Gasteiger partial charge in [-0.2, -0.15) is 4.74 Å². The van der Waals surface area contributed by atoms with Crippen molar-refractivity contribution >= 4 is 82.6 Å². The summed E-state index contributed by atoms with van der Waals surface area (Å²) in [4.78, 5) is 105. The molecule has 0 bridgehead atoms. The maximum atomic E-state index is 14.2. The Balaban J connectivity index is 1.26. The number of phenols is 2. The summed E-state index contributed by atoms with van der Waals surface area (Å²) >= 11 is 2.24.